The Morgan fingerprint density at radius 3 is 2.56 bits per heavy atom. The summed E-state index contributed by atoms with van der Waals surface area (Å²) in [7, 11) is 1.87. The third-order valence-electron chi connectivity index (χ3n) is 3.81. The molecule has 1 aromatic carbocycles. The van der Waals surface area contributed by atoms with Gasteiger partial charge in [-0.3, -0.25) is 0 Å². The lowest BCUT2D eigenvalue weighted by Gasteiger charge is -2.34. The van der Waals surface area contributed by atoms with E-state index in [1.807, 2.05) is 25.2 Å². The van der Waals surface area contributed by atoms with E-state index in [0.29, 0.717) is 12.7 Å². The van der Waals surface area contributed by atoms with Crippen molar-refractivity contribution in [1.29, 1.82) is 5.26 Å². The third kappa shape index (κ3) is 3.10. The molecule has 1 aromatic rings. The van der Waals surface area contributed by atoms with Crippen LogP contribution in [0.5, 0.6) is 0 Å². The number of hydrogen-bond acceptors (Lipinski definition) is 3. The second-order valence-corrected chi connectivity index (χ2v) is 4.94. The summed E-state index contributed by atoms with van der Waals surface area (Å²) in [5.74, 6) is 0. The summed E-state index contributed by atoms with van der Waals surface area (Å²) in [6.07, 6.45) is 3.96. The first-order valence-corrected chi connectivity index (χ1v) is 6.54. The highest BCUT2D eigenvalue weighted by Gasteiger charge is 2.34. The van der Waals surface area contributed by atoms with Crippen LogP contribution in [-0.4, -0.2) is 18.7 Å². The summed E-state index contributed by atoms with van der Waals surface area (Å²) in [5, 5.41) is 12.3. The molecular weight excluding hydrogens is 224 g/mol. The van der Waals surface area contributed by atoms with Gasteiger partial charge < -0.3 is 10.1 Å². The van der Waals surface area contributed by atoms with Crippen molar-refractivity contribution in [2.24, 2.45) is 0 Å². The molecule has 1 aliphatic carbocycles. The fourth-order valence-corrected chi connectivity index (χ4v) is 2.46. The van der Waals surface area contributed by atoms with Gasteiger partial charge in [-0.2, -0.15) is 5.26 Å². The van der Waals surface area contributed by atoms with Crippen molar-refractivity contribution in [2.45, 2.75) is 43.9 Å². The fraction of sp³-hybridized carbons (Fsp3) is 0.533. The largest absolute Gasteiger partial charge is 0.374 e. The van der Waals surface area contributed by atoms with Crippen LogP contribution in [0.4, 0.5) is 0 Å². The maximum Gasteiger partial charge on any atom is 0.106 e. The highest BCUT2D eigenvalue weighted by atomic mass is 16.5. The lowest BCUT2D eigenvalue weighted by Crippen LogP contribution is -2.45. The summed E-state index contributed by atoms with van der Waals surface area (Å²) in [6.45, 7) is 0.671. The standard InChI is InChI=1S/C15H20N2O/c1-17-15(12-16)9-7-14(8-10-15)18-11-13-5-3-2-4-6-13/h2-6,14,17H,7-11H2,1H3. The van der Waals surface area contributed by atoms with Crippen molar-refractivity contribution in [3.63, 3.8) is 0 Å². The van der Waals surface area contributed by atoms with Crippen molar-refractivity contribution in [3.8, 4) is 6.07 Å². The van der Waals surface area contributed by atoms with Crippen molar-refractivity contribution >= 4 is 0 Å². The highest BCUT2D eigenvalue weighted by molar-refractivity contribution is 5.13. The van der Waals surface area contributed by atoms with Crippen LogP contribution in [0, 0.1) is 11.3 Å². The van der Waals surface area contributed by atoms with Crippen molar-refractivity contribution < 1.29 is 4.74 Å². The number of nitrogens with one attached hydrogen (secondary N) is 1. The maximum atomic E-state index is 9.18. The lowest BCUT2D eigenvalue weighted by atomic mass is 9.81. The number of ether oxygens (including phenoxy) is 1. The quantitative estimate of drug-likeness (QED) is 0.885. The maximum absolute atomic E-state index is 9.18. The van der Waals surface area contributed by atoms with Gasteiger partial charge in [-0.05, 0) is 38.3 Å². The molecule has 0 saturated heterocycles. The molecule has 0 unspecified atom stereocenters. The Morgan fingerprint density at radius 2 is 2.00 bits per heavy atom. The van der Waals surface area contributed by atoms with Gasteiger partial charge in [0.05, 0.1) is 18.8 Å². The molecule has 0 aliphatic heterocycles. The minimum Gasteiger partial charge on any atom is -0.374 e. The van der Waals surface area contributed by atoms with Crippen molar-refractivity contribution in [3.05, 3.63) is 35.9 Å². The molecule has 3 heteroatoms. The summed E-state index contributed by atoms with van der Waals surface area (Å²) in [4.78, 5) is 0. The molecule has 1 saturated carbocycles. The molecule has 1 N–H and O–H groups in total. The molecule has 0 atom stereocenters. The monoisotopic (exact) mass is 244 g/mol. The van der Waals surface area contributed by atoms with Gasteiger partial charge in [-0.25, -0.2) is 0 Å². The van der Waals surface area contributed by atoms with Gasteiger partial charge >= 0.3 is 0 Å². The van der Waals surface area contributed by atoms with E-state index >= 15 is 0 Å². The second-order valence-electron chi connectivity index (χ2n) is 4.94. The van der Waals surface area contributed by atoms with Crippen LogP contribution < -0.4 is 5.32 Å². The molecule has 96 valence electrons. The number of benzene rings is 1. The zero-order valence-electron chi connectivity index (χ0n) is 10.9. The number of hydrogen-bond donors (Lipinski definition) is 1. The Morgan fingerprint density at radius 1 is 1.33 bits per heavy atom. The predicted molar refractivity (Wildman–Crippen MR) is 70.9 cm³/mol. The molecule has 1 aliphatic rings. The van der Waals surface area contributed by atoms with Gasteiger partial charge in [0, 0.05) is 0 Å². The fourth-order valence-electron chi connectivity index (χ4n) is 2.46. The van der Waals surface area contributed by atoms with Crippen LogP contribution in [0.25, 0.3) is 0 Å². The van der Waals surface area contributed by atoms with Crippen LogP contribution in [0.1, 0.15) is 31.2 Å². The van der Waals surface area contributed by atoms with Crippen LogP contribution >= 0.6 is 0 Å². The molecule has 2 rings (SSSR count). The average molecular weight is 244 g/mol. The predicted octanol–water partition coefficient (Wildman–Crippen LogP) is 2.63. The first-order valence-electron chi connectivity index (χ1n) is 6.54. The summed E-state index contributed by atoms with van der Waals surface area (Å²) < 4.78 is 5.91. The lowest BCUT2D eigenvalue weighted by molar-refractivity contribution is 0.00536. The average Bonchev–Trinajstić information content (AvgIpc) is 2.47. The molecule has 0 aromatic heterocycles. The van der Waals surface area contributed by atoms with E-state index in [4.69, 9.17) is 4.74 Å². The molecular formula is C15H20N2O. The number of nitrogens with zero attached hydrogens (tertiary/aromatic N) is 1. The summed E-state index contributed by atoms with van der Waals surface area (Å²) in [5.41, 5.74) is 0.885. The first-order chi connectivity index (χ1) is 8.78. The number of nitriles is 1. The van der Waals surface area contributed by atoms with Gasteiger partial charge in [0.2, 0.25) is 0 Å². The summed E-state index contributed by atoms with van der Waals surface area (Å²) >= 11 is 0. The smallest absolute Gasteiger partial charge is 0.106 e. The zero-order chi connectivity index (χ0) is 12.8. The Labute approximate surface area is 109 Å². The minimum absolute atomic E-state index is 0.292. The molecule has 3 nitrogen and oxygen atoms in total. The van der Waals surface area contributed by atoms with Gasteiger partial charge in [0.1, 0.15) is 5.54 Å². The van der Waals surface area contributed by atoms with E-state index < -0.39 is 0 Å². The van der Waals surface area contributed by atoms with E-state index in [1.165, 1.54) is 5.56 Å². The molecule has 0 spiro atoms. The van der Waals surface area contributed by atoms with Gasteiger partial charge in [0.25, 0.3) is 0 Å². The van der Waals surface area contributed by atoms with Crippen LogP contribution in [0.3, 0.4) is 0 Å². The third-order valence-corrected chi connectivity index (χ3v) is 3.81. The Balaban J connectivity index is 1.79. The van der Waals surface area contributed by atoms with E-state index in [1.54, 1.807) is 0 Å². The van der Waals surface area contributed by atoms with E-state index in [0.717, 1.165) is 25.7 Å². The van der Waals surface area contributed by atoms with Crippen molar-refractivity contribution in [2.75, 3.05) is 7.05 Å². The Hall–Kier alpha value is -1.37. The van der Waals surface area contributed by atoms with Crippen molar-refractivity contribution in [1.82, 2.24) is 5.32 Å². The molecule has 0 bridgehead atoms. The summed E-state index contributed by atoms with van der Waals surface area (Å²) in [6, 6.07) is 12.6. The first kappa shape index (κ1) is 13.1. The minimum atomic E-state index is -0.327. The topological polar surface area (TPSA) is 45.0 Å². The van der Waals surface area contributed by atoms with Gasteiger partial charge in [0.15, 0.2) is 0 Å². The van der Waals surface area contributed by atoms with Crippen LogP contribution in [0.2, 0.25) is 0 Å². The van der Waals surface area contributed by atoms with E-state index in [2.05, 4.69) is 23.5 Å². The van der Waals surface area contributed by atoms with Gasteiger partial charge in [-0.1, -0.05) is 30.3 Å². The zero-order valence-corrected chi connectivity index (χ0v) is 10.9. The van der Waals surface area contributed by atoms with E-state index in [-0.39, 0.29) is 5.54 Å². The number of rotatable bonds is 4. The SMILES string of the molecule is CNC1(C#N)CCC(OCc2ccccc2)CC1. The molecule has 18 heavy (non-hydrogen) atoms. The van der Waals surface area contributed by atoms with E-state index in [9.17, 15) is 5.26 Å². The molecule has 0 radical (unpaired) electrons. The highest BCUT2D eigenvalue weighted by Crippen LogP contribution is 2.29. The Kier molecular flexibility index (Phi) is 4.35. The second kappa shape index (κ2) is 5.99. The van der Waals surface area contributed by atoms with Crippen LogP contribution in [-0.2, 0) is 11.3 Å². The Bertz CT molecular complexity index is 402. The van der Waals surface area contributed by atoms with Crippen LogP contribution in [0.15, 0.2) is 30.3 Å². The molecule has 1 fully saturated rings. The van der Waals surface area contributed by atoms with Gasteiger partial charge in [-0.15, -0.1) is 0 Å². The molecule has 0 amide bonds. The molecule has 0 heterocycles. The normalized spacial score (nSPS) is 27.7.